The van der Waals surface area contributed by atoms with E-state index in [-0.39, 0.29) is 33.1 Å². The maximum absolute atomic E-state index is 14.1. The van der Waals surface area contributed by atoms with Crippen LogP contribution >= 0.6 is 23.2 Å². The lowest BCUT2D eigenvalue weighted by Crippen LogP contribution is -2.52. The van der Waals surface area contributed by atoms with Crippen molar-refractivity contribution < 1.29 is 18.0 Å². The van der Waals surface area contributed by atoms with Gasteiger partial charge in [0.05, 0.1) is 20.6 Å². The van der Waals surface area contributed by atoms with Gasteiger partial charge in [-0.25, -0.2) is 8.42 Å². The Morgan fingerprint density at radius 2 is 1.49 bits per heavy atom. The molecular formula is C31H37Cl2N3O4S. The van der Waals surface area contributed by atoms with Gasteiger partial charge in [0.2, 0.25) is 11.8 Å². The first-order valence-electron chi connectivity index (χ1n) is 13.6. The van der Waals surface area contributed by atoms with Crippen molar-refractivity contribution in [3.8, 4) is 0 Å². The summed E-state index contributed by atoms with van der Waals surface area (Å²) in [6, 6.07) is 17.7. The lowest BCUT2D eigenvalue weighted by atomic mass is 10.1. The van der Waals surface area contributed by atoms with Gasteiger partial charge in [0.25, 0.3) is 10.0 Å². The number of sulfonamides is 1. The molecular weight excluding hydrogens is 581 g/mol. The number of aryl methyl sites for hydroxylation is 2. The molecule has 220 valence electrons. The van der Waals surface area contributed by atoms with Gasteiger partial charge in [-0.2, -0.15) is 0 Å². The number of rotatable bonds is 13. The molecule has 0 spiro atoms. The van der Waals surface area contributed by atoms with E-state index in [0.717, 1.165) is 33.8 Å². The quantitative estimate of drug-likeness (QED) is 0.221. The van der Waals surface area contributed by atoms with Crippen LogP contribution in [0.5, 0.6) is 0 Å². The second kappa shape index (κ2) is 14.7. The molecule has 0 aromatic heterocycles. The van der Waals surface area contributed by atoms with Crippen molar-refractivity contribution in [3.63, 3.8) is 0 Å². The zero-order valence-corrected chi connectivity index (χ0v) is 26.2. The van der Waals surface area contributed by atoms with E-state index < -0.39 is 28.5 Å². The Morgan fingerprint density at radius 1 is 0.878 bits per heavy atom. The first kappa shape index (κ1) is 32.4. The first-order chi connectivity index (χ1) is 19.5. The average molecular weight is 619 g/mol. The van der Waals surface area contributed by atoms with Crippen molar-refractivity contribution in [1.29, 1.82) is 0 Å². The van der Waals surface area contributed by atoms with Crippen LogP contribution in [-0.4, -0.2) is 44.3 Å². The summed E-state index contributed by atoms with van der Waals surface area (Å²) in [6.45, 7) is 7.78. The summed E-state index contributed by atoms with van der Waals surface area (Å²) in [5.41, 5.74) is 2.96. The van der Waals surface area contributed by atoms with Gasteiger partial charge in [-0.1, -0.05) is 91.0 Å². The molecule has 3 aromatic carbocycles. The summed E-state index contributed by atoms with van der Waals surface area (Å²) in [6.07, 6.45) is 2.08. The zero-order valence-electron chi connectivity index (χ0n) is 23.9. The van der Waals surface area contributed by atoms with E-state index in [1.807, 2.05) is 52.0 Å². The lowest BCUT2D eigenvalue weighted by molar-refractivity contribution is -0.140. The third-order valence-corrected chi connectivity index (χ3v) is 9.30. The fourth-order valence-corrected chi connectivity index (χ4v) is 6.02. The minimum Gasteiger partial charge on any atom is -0.354 e. The molecule has 2 amide bonds. The standard InChI is InChI=1S/C31H37Cl2N3O4S/c1-5-7-18-34-31(38)29(6-2)35(20-24-12-8-22(3)9-13-24)30(37)21-36(25-14-17-27(32)28(33)19-25)41(39,40)26-15-10-23(4)11-16-26/h8-17,19,29H,5-7,18,20-21H2,1-4H3,(H,34,38)/t29-/m0/s1. The van der Waals surface area contributed by atoms with E-state index in [1.165, 1.54) is 35.2 Å². The summed E-state index contributed by atoms with van der Waals surface area (Å²) in [5.74, 6) is -0.797. The molecule has 3 rings (SSSR count). The van der Waals surface area contributed by atoms with Gasteiger partial charge in [-0.3, -0.25) is 13.9 Å². The van der Waals surface area contributed by atoms with E-state index in [2.05, 4.69) is 5.32 Å². The Bertz CT molecular complexity index is 1450. The van der Waals surface area contributed by atoms with Crippen LogP contribution in [0.2, 0.25) is 10.0 Å². The van der Waals surface area contributed by atoms with Crippen LogP contribution in [0.25, 0.3) is 0 Å². The highest BCUT2D eigenvalue weighted by Gasteiger charge is 2.33. The second-order valence-electron chi connectivity index (χ2n) is 10.00. The molecule has 0 unspecified atom stereocenters. The van der Waals surface area contributed by atoms with Crippen molar-refractivity contribution >= 4 is 50.7 Å². The second-order valence-corrected chi connectivity index (χ2v) is 12.7. The highest BCUT2D eigenvalue weighted by atomic mass is 35.5. The van der Waals surface area contributed by atoms with Crippen LogP contribution in [0.1, 0.15) is 49.8 Å². The van der Waals surface area contributed by atoms with Crippen molar-refractivity contribution in [2.45, 2.75) is 64.4 Å². The van der Waals surface area contributed by atoms with Crippen LogP contribution in [-0.2, 0) is 26.2 Å². The van der Waals surface area contributed by atoms with E-state index in [4.69, 9.17) is 23.2 Å². The van der Waals surface area contributed by atoms with Gasteiger partial charge in [0.1, 0.15) is 12.6 Å². The molecule has 0 saturated heterocycles. The van der Waals surface area contributed by atoms with Crippen molar-refractivity contribution in [3.05, 3.63) is 93.5 Å². The van der Waals surface area contributed by atoms with Crippen LogP contribution in [0, 0.1) is 13.8 Å². The molecule has 0 saturated carbocycles. The number of nitrogens with one attached hydrogen (secondary N) is 1. The number of hydrogen-bond acceptors (Lipinski definition) is 4. The van der Waals surface area contributed by atoms with Crippen molar-refractivity contribution in [1.82, 2.24) is 10.2 Å². The summed E-state index contributed by atoms with van der Waals surface area (Å²) >= 11 is 12.4. The average Bonchev–Trinajstić information content (AvgIpc) is 2.94. The number of unbranched alkanes of at least 4 members (excludes halogenated alkanes) is 1. The topological polar surface area (TPSA) is 86.8 Å². The smallest absolute Gasteiger partial charge is 0.264 e. The summed E-state index contributed by atoms with van der Waals surface area (Å²) in [7, 11) is -4.19. The summed E-state index contributed by atoms with van der Waals surface area (Å²) in [4.78, 5) is 28.8. The number of hydrogen-bond donors (Lipinski definition) is 1. The highest BCUT2D eigenvalue weighted by Crippen LogP contribution is 2.31. The molecule has 41 heavy (non-hydrogen) atoms. The van der Waals surface area contributed by atoms with Gasteiger partial charge in [-0.15, -0.1) is 0 Å². The minimum atomic E-state index is -4.19. The number of benzene rings is 3. The summed E-state index contributed by atoms with van der Waals surface area (Å²) < 4.78 is 28.9. The largest absolute Gasteiger partial charge is 0.354 e. The molecule has 0 aliphatic heterocycles. The monoisotopic (exact) mass is 617 g/mol. The van der Waals surface area contributed by atoms with Gasteiger partial charge in [-0.05, 0) is 62.6 Å². The third-order valence-electron chi connectivity index (χ3n) is 6.77. The van der Waals surface area contributed by atoms with Crippen LogP contribution < -0.4 is 9.62 Å². The number of carbonyl (C=O) groups excluding carboxylic acids is 2. The highest BCUT2D eigenvalue weighted by molar-refractivity contribution is 7.92. The lowest BCUT2D eigenvalue weighted by Gasteiger charge is -2.33. The SMILES string of the molecule is CCCCNC(=O)[C@H](CC)N(Cc1ccc(C)cc1)C(=O)CN(c1ccc(Cl)c(Cl)c1)S(=O)(=O)c1ccc(C)cc1. The molecule has 7 nitrogen and oxygen atoms in total. The molecule has 3 aromatic rings. The zero-order chi connectivity index (χ0) is 30.2. The molecule has 1 N–H and O–H groups in total. The van der Waals surface area contributed by atoms with E-state index >= 15 is 0 Å². The Morgan fingerprint density at radius 3 is 2.05 bits per heavy atom. The fraction of sp³-hybridized carbons (Fsp3) is 0.355. The molecule has 0 fully saturated rings. The first-order valence-corrected chi connectivity index (χ1v) is 15.8. The third kappa shape index (κ3) is 8.47. The number of nitrogens with zero attached hydrogens (tertiary/aromatic N) is 2. The van der Waals surface area contributed by atoms with Gasteiger partial charge >= 0.3 is 0 Å². The molecule has 0 radical (unpaired) electrons. The maximum Gasteiger partial charge on any atom is 0.264 e. The maximum atomic E-state index is 14.1. The van der Waals surface area contributed by atoms with Crippen LogP contribution in [0.15, 0.2) is 71.6 Å². The van der Waals surface area contributed by atoms with E-state index in [0.29, 0.717) is 13.0 Å². The Kier molecular flexibility index (Phi) is 11.6. The van der Waals surface area contributed by atoms with Crippen molar-refractivity contribution in [2.75, 3.05) is 17.4 Å². The van der Waals surface area contributed by atoms with Crippen LogP contribution in [0.3, 0.4) is 0 Å². The van der Waals surface area contributed by atoms with Crippen molar-refractivity contribution in [2.24, 2.45) is 0 Å². The minimum absolute atomic E-state index is 0.0245. The Balaban J connectivity index is 2.05. The number of carbonyl (C=O) groups is 2. The molecule has 0 aliphatic rings. The normalized spacial score (nSPS) is 12.0. The predicted molar refractivity (Wildman–Crippen MR) is 166 cm³/mol. The van der Waals surface area contributed by atoms with E-state index in [9.17, 15) is 18.0 Å². The predicted octanol–water partition coefficient (Wildman–Crippen LogP) is 6.53. The Labute approximate surface area is 253 Å². The van der Waals surface area contributed by atoms with Gasteiger partial charge < -0.3 is 10.2 Å². The molecule has 0 heterocycles. The van der Waals surface area contributed by atoms with Crippen LogP contribution in [0.4, 0.5) is 5.69 Å². The molecule has 10 heteroatoms. The molecule has 0 bridgehead atoms. The van der Waals surface area contributed by atoms with E-state index in [1.54, 1.807) is 12.1 Å². The van der Waals surface area contributed by atoms with Gasteiger partial charge in [0.15, 0.2) is 0 Å². The summed E-state index contributed by atoms with van der Waals surface area (Å²) in [5, 5.41) is 3.33. The number of anilines is 1. The number of halogens is 2. The fourth-order valence-electron chi connectivity index (χ4n) is 4.32. The Hall–Kier alpha value is -3.07. The number of amides is 2. The molecule has 0 aliphatic carbocycles. The molecule has 1 atom stereocenters. The van der Waals surface area contributed by atoms with Gasteiger partial charge in [0, 0.05) is 13.1 Å².